The van der Waals surface area contributed by atoms with E-state index in [4.69, 9.17) is 0 Å². The second-order valence-electron chi connectivity index (χ2n) is 3.91. The molecule has 1 aliphatic rings. The Morgan fingerprint density at radius 3 is 2.56 bits per heavy atom. The molecule has 84 valence electrons. The number of hydrogen-bond acceptors (Lipinski definition) is 2. The number of rotatable bonds is 3. The van der Waals surface area contributed by atoms with Gasteiger partial charge in [-0.1, -0.05) is 19.2 Å². The fourth-order valence-corrected chi connectivity index (χ4v) is 1.77. The van der Waals surface area contributed by atoms with Gasteiger partial charge in [0.05, 0.1) is 6.67 Å². The molecule has 1 saturated heterocycles. The van der Waals surface area contributed by atoms with Gasteiger partial charge in [0, 0.05) is 17.1 Å². The molecule has 3 heteroatoms. The number of hydrogen-bond donors (Lipinski definition) is 1. The molecule has 16 heavy (non-hydrogen) atoms. The Labute approximate surface area is 95.1 Å². The molecule has 1 fully saturated rings. The highest BCUT2D eigenvalue weighted by Crippen LogP contribution is 2.27. The number of allylic oxidation sites excluding steroid dienone is 2. The molecule has 0 saturated carbocycles. The Morgan fingerprint density at radius 1 is 1.25 bits per heavy atom. The van der Waals surface area contributed by atoms with E-state index in [0.717, 1.165) is 29.9 Å². The first-order valence-corrected chi connectivity index (χ1v) is 5.29. The number of nitrogens with one attached hydrogen (secondary N) is 1. The van der Waals surface area contributed by atoms with Gasteiger partial charge in [-0.2, -0.15) is 0 Å². The fraction of sp³-hybridized carbons (Fsp3) is 0.231. The van der Waals surface area contributed by atoms with E-state index in [1.54, 1.807) is 6.07 Å². The Morgan fingerprint density at radius 2 is 1.94 bits per heavy atom. The van der Waals surface area contributed by atoms with Crippen LogP contribution in [0.15, 0.2) is 48.8 Å². The van der Waals surface area contributed by atoms with E-state index in [2.05, 4.69) is 18.5 Å². The van der Waals surface area contributed by atoms with Crippen molar-refractivity contribution in [3.8, 4) is 0 Å². The molecule has 1 N–H and O–H groups in total. The Hall–Kier alpha value is -1.77. The number of benzene rings is 1. The molecule has 0 aromatic heterocycles. The van der Waals surface area contributed by atoms with Crippen molar-refractivity contribution < 1.29 is 4.39 Å². The third kappa shape index (κ3) is 2.24. The summed E-state index contributed by atoms with van der Waals surface area (Å²) in [7, 11) is 0. The van der Waals surface area contributed by atoms with E-state index < -0.39 is 0 Å². The summed E-state index contributed by atoms with van der Waals surface area (Å²) in [6.07, 6.45) is 1.92. The van der Waals surface area contributed by atoms with E-state index in [9.17, 15) is 4.39 Å². The maximum atomic E-state index is 12.9. The van der Waals surface area contributed by atoms with Crippen LogP contribution >= 0.6 is 0 Å². The molecular formula is C13H15FN2. The lowest BCUT2D eigenvalue weighted by atomic mass is 10.3. The van der Waals surface area contributed by atoms with E-state index in [0.29, 0.717) is 6.67 Å². The van der Waals surface area contributed by atoms with Gasteiger partial charge < -0.3 is 10.2 Å². The highest BCUT2D eigenvalue weighted by Gasteiger charge is 2.18. The first-order valence-electron chi connectivity index (χ1n) is 5.29. The zero-order chi connectivity index (χ0) is 11.5. The summed E-state index contributed by atoms with van der Waals surface area (Å²) in [4.78, 5) is 2.03. The third-order valence-electron chi connectivity index (χ3n) is 2.73. The van der Waals surface area contributed by atoms with Crippen LogP contribution in [0.4, 0.5) is 10.1 Å². The molecule has 1 aromatic rings. The largest absolute Gasteiger partial charge is 0.367 e. The third-order valence-corrected chi connectivity index (χ3v) is 2.73. The molecule has 1 heterocycles. The lowest BCUT2D eigenvalue weighted by Gasteiger charge is -2.21. The Bertz CT molecular complexity index is 410. The molecule has 0 radical (unpaired) electrons. The SMILES string of the molecule is C=C1CCC(=C)N1CNc1cccc(F)c1. The summed E-state index contributed by atoms with van der Waals surface area (Å²) < 4.78 is 12.9. The maximum Gasteiger partial charge on any atom is 0.125 e. The topological polar surface area (TPSA) is 15.3 Å². The second kappa shape index (κ2) is 4.39. The minimum Gasteiger partial charge on any atom is -0.367 e. The molecular weight excluding hydrogens is 203 g/mol. The summed E-state index contributed by atoms with van der Waals surface area (Å²) in [6.45, 7) is 8.53. The average molecular weight is 218 g/mol. The highest BCUT2D eigenvalue weighted by molar-refractivity contribution is 5.43. The van der Waals surface area contributed by atoms with Gasteiger partial charge in [0.15, 0.2) is 0 Å². The predicted molar refractivity (Wildman–Crippen MR) is 64.2 cm³/mol. The normalized spacial score (nSPS) is 15.7. The van der Waals surface area contributed by atoms with Crippen molar-refractivity contribution in [3.05, 3.63) is 54.6 Å². The summed E-state index contributed by atoms with van der Waals surface area (Å²) in [5, 5.41) is 3.15. The first kappa shape index (κ1) is 10.7. The zero-order valence-electron chi connectivity index (χ0n) is 9.17. The molecule has 0 atom stereocenters. The standard InChI is InChI=1S/C13H15FN2/c1-10-6-7-11(2)16(10)9-15-13-5-3-4-12(14)8-13/h3-5,8,15H,1-2,6-7,9H2. The highest BCUT2D eigenvalue weighted by atomic mass is 19.1. The van der Waals surface area contributed by atoms with Crippen molar-refractivity contribution >= 4 is 5.69 Å². The lowest BCUT2D eigenvalue weighted by molar-refractivity contribution is 0.492. The molecule has 2 rings (SSSR count). The van der Waals surface area contributed by atoms with E-state index in [1.165, 1.54) is 12.1 Å². The molecule has 0 amide bonds. The number of halogens is 1. The molecule has 0 unspecified atom stereocenters. The van der Waals surface area contributed by atoms with Crippen molar-refractivity contribution in [1.29, 1.82) is 0 Å². The van der Waals surface area contributed by atoms with Gasteiger partial charge in [-0.05, 0) is 31.0 Å². The van der Waals surface area contributed by atoms with Gasteiger partial charge in [-0.3, -0.25) is 0 Å². The molecule has 2 nitrogen and oxygen atoms in total. The van der Waals surface area contributed by atoms with Crippen LogP contribution in [0.1, 0.15) is 12.8 Å². The van der Waals surface area contributed by atoms with Gasteiger partial charge in [0.25, 0.3) is 0 Å². The van der Waals surface area contributed by atoms with Crippen LogP contribution in [-0.4, -0.2) is 11.6 Å². The van der Waals surface area contributed by atoms with Crippen LogP contribution < -0.4 is 5.32 Å². The van der Waals surface area contributed by atoms with Crippen LogP contribution in [-0.2, 0) is 0 Å². The molecule has 1 aromatic carbocycles. The Balaban J connectivity index is 1.97. The first-order chi connectivity index (χ1) is 7.66. The second-order valence-corrected chi connectivity index (χ2v) is 3.91. The van der Waals surface area contributed by atoms with Crippen LogP contribution in [0.5, 0.6) is 0 Å². The van der Waals surface area contributed by atoms with Gasteiger partial charge in [0.2, 0.25) is 0 Å². The van der Waals surface area contributed by atoms with Crippen molar-refractivity contribution in [3.63, 3.8) is 0 Å². The van der Waals surface area contributed by atoms with Crippen LogP contribution in [0, 0.1) is 5.82 Å². The fourth-order valence-electron chi connectivity index (χ4n) is 1.77. The smallest absolute Gasteiger partial charge is 0.125 e. The molecule has 0 spiro atoms. The van der Waals surface area contributed by atoms with E-state index >= 15 is 0 Å². The van der Waals surface area contributed by atoms with E-state index in [1.807, 2.05) is 11.0 Å². The van der Waals surface area contributed by atoms with Crippen molar-refractivity contribution in [2.75, 3.05) is 12.0 Å². The lowest BCUT2D eigenvalue weighted by Crippen LogP contribution is -2.22. The van der Waals surface area contributed by atoms with Crippen LogP contribution in [0.25, 0.3) is 0 Å². The average Bonchev–Trinajstić information content (AvgIpc) is 2.56. The number of anilines is 1. The molecule has 0 bridgehead atoms. The monoisotopic (exact) mass is 218 g/mol. The van der Waals surface area contributed by atoms with Gasteiger partial charge in [-0.25, -0.2) is 4.39 Å². The van der Waals surface area contributed by atoms with Crippen molar-refractivity contribution in [2.45, 2.75) is 12.8 Å². The van der Waals surface area contributed by atoms with Gasteiger partial charge >= 0.3 is 0 Å². The summed E-state index contributed by atoms with van der Waals surface area (Å²) in [6, 6.07) is 6.43. The van der Waals surface area contributed by atoms with Gasteiger partial charge in [-0.15, -0.1) is 0 Å². The zero-order valence-corrected chi connectivity index (χ0v) is 9.17. The van der Waals surface area contributed by atoms with Crippen LogP contribution in [0.2, 0.25) is 0 Å². The van der Waals surface area contributed by atoms with Crippen molar-refractivity contribution in [2.24, 2.45) is 0 Å². The maximum absolute atomic E-state index is 12.9. The minimum absolute atomic E-state index is 0.232. The van der Waals surface area contributed by atoms with Crippen LogP contribution in [0.3, 0.4) is 0 Å². The minimum atomic E-state index is -0.232. The van der Waals surface area contributed by atoms with Gasteiger partial charge in [0.1, 0.15) is 5.82 Å². The Kier molecular flexibility index (Phi) is 2.95. The number of nitrogens with zero attached hydrogens (tertiary/aromatic N) is 1. The predicted octanol–water partition coefficient (Wildman–Crippen LogP) is 3.32. The summed E-state index contributed by atoms with van der Waals surface area (Å²) in [5.41, 5.74) is 2.90. The number of likely N-dealkylation sites (tertiary alicyclic amines) is 1. The summed E-state index contributed by atoms with van der Waals surface area (Å²) in [5.74, 6) is -0.232. The van der Waals surface area contributed by atoms with Crippen molar-refractivity contribution in [1.82, 2.24) is 4.90 Å². The summed E-state index contributed by atoms with van der Waals surface area (Å²) >= 11 is 0. The quantitative estimate of drug-likeness (QED) is 0.837. The molecule has 0 aliphatic carbocycles. The molecule has 1 aliphatic heterocycles. The van der Waals surface area contributed by atoms with E-state index in [-0.39, 0.29) is 5.82 Å².